The lowest BCUT2D eigenvalue weighted by Gasteiger charge is -2.11. The topological polar surface area (TPSA) is 38.1 Å². The molecule has 1 aromatic rings. The lowest BCUT2D eigenvalue weighted by atomic mass is 10.1. The maximum Gasteiger partial charge on any atom is 0.137 e. The molecule has 1 N–H and O–H groups in total. The Morgan fingerprint density at radius 3 is 2.86 bits per heavy atom. The molecule has 0 aromatic carbocycles. The summed E-state index contributed by atoms with van der Waals surface area (Å²) in [5.41, 5.74) is 0. The highest BCUT2D eigenvalue weighted by Crippen LogP contribution is 2.17. The van der Waals surface area contributed by atoms with Gasteiger partial charge in [0, 0.05) is 18.9 Å². The molecule has 0 amide bonds. The smallest absolute Gasteiger partial charge is 0.137 e. The molecule has 0 aliphatic heterocycles. The van der Waals surface area contributed by atoms with Gasteiger partial charge in [-0.15, -0.1) is 0 Å². The highest BCUT2D eigenvalue weighted by atomic mass is 16.3. The maximum atomic E-state index is 9.86. The van der Waals surface area contributed by atoms with Gasteiger partial charge in [0.25, 0.3) is 0 Å². The normalized spacial score (nSPS) is 13.1. The minimum absolute atomic E-state index is 0.392. The van der Waals surface area contributed by atoms with Crippen LogP contribution in [-0.2, 0) is 6.54 Å². The fourth-order valence-electron chi connectivity index (χ4n) is 1.57. The number of aryl methyl sites for hydroxylation is 1. The van der Waals surface area contributed by atoms with E-state index in [1.54, 1.807) is 6.20 Å². The molecule has 1 unspecified atom stereocenters. The minimum Gasteiger partial charge on any atom is -0.385 e. The van der Waals surface area contributed by atoms with Gasteiger partial charge in [-0.05, 0) is 12.8 Å². The van der Waals surface area contributed by atoms with Crippen LogP contribution in [0.5, 0.6) is 0 Å². The van der Waals surface area contributed by atoms with Gasteiger partial charge in [-0.2, -0.15) is 0 Å². The van der Waals surface area contributed by atoms with Crippen molar-refractivity contribution in [3.8, 4) is 0 Å². The van der Waals surface area contributed by atoms with Crippen LogP contribution in [-0.4, -0.2) is 14.7 Å². The molecule has 14 heavy (non-hydrogen) atoms. The first-order chi connectivity index (χ1) is 6.79. The predicted octanol–water partition coefficient (Wildman–Crippen LogP) is 2.52. The minimum atomic E-state index is -0.392. The molecule has 1 aromatic heterocycles. The first kappa shape index (κ1) is 11.2. The number of hydrogen-bond donors (Lipinski definition) is 1. The summed E-state index contributed by atoms with van der Waals surface area (Å²) in [6.07, 6.45) is 7.37. The highest BCUT2D eigenvalue weighted by molar-refractivity contribution is 4.96. The summed E-state index contributed by atoms with van der Waals surface area (Å²) in [5.74, 6) is 0.820. The number of unbranched alkanes of at least 4 members (excludes halogenated alkanes) is 1. The summed E-state index contributed by atoms with van der Waals surface area (Å²) in [4.78, 5) is 4.20. The van der Waals surface area contributed by atoms with Crippen molar-refractivity contribution in [2.45, 2.75) is 52.2 Å². The van der Waals surface area contributed by atoms with Gasteiger partial charge in [-0.3, -0.25) is 0 Å². The number of hydrogen-bond acceptors (Lipinski definition) is 2. The van der Waals surface area contributed by atoms with E-state index in [1.165, 1.54) is 0 Å². The average molecular weight is 196 g/mol. The molecule has 1 atom stereocenters. The van der Waals surface area contributed by atoms with Crippen molar-refractivity contribution in [1.29, 1.82) is 0 Å². The van der Waals surface area contributed by atoms with Crippen LogP contribution < -0.4 is 0 Å². The van der Waals surface area contributed by atoms with E-state index in [0.29, 0.717) is 0 Å². The molecule has 0 saturated heterocycles. The quantitative estimate of drug-likeness (QED) is 0.759. The lowest BCUT2D eigenvalue weighted by molar-refractivity contribution is 0.150. The summed E-state index contributed by atoms with van der Waals surface area (Å²) in [5, 5.41) is 9.86. The van der Waals surface area contributed by atoms with Crippen molar-refractivity contribution in [2.24, 2.45) is 0 Å². The van der Waals surface area contributed by atoms with E-state index < -0.39 is 6.10 Å². The molecule has 3 heteroatoms. The molecular formula is C11H20N2O. The average Bonchev–Trinajstić information content (AvgIpc) is 2.63. The van der Waals surface area contributed by atoms with Gasteiger partial charge in [0.05, 0.1) is 0 Å². The first-order valence-electron chi connectivity index (χ1n) is 5.48. The molecule has 0 radical (unpaired) electrons. The monoisotopic (exact) mass is 196 g/mol. The highest BCUT2D eigenvalue weighted by Gasteiger charge is 2.12. The van der Waals surface area contributed by atoms with Crippen LogP contribution in [0.25, 0.3) is 0 Å². The standard InChI is InChI=1S/C11H20N2O/c1-3-5-6-10(14)11-12-7-9-13(11)8-4-2/h7,9-10,14H,3-6,8H2,1-2H3. The molecule has 0 fully saturated rings. The molecule has 1 heterocycles. The Labute approximate surface area is 85.8 Å². The zero-order valence-corrected chi connectivity index (χ0v) is 9.11. The van der Waals surface area contributed by atoms with Crippen molar-refractivity contribution in [3.05, 3.63) is 18.2 Å². The zero-order chi connectivity index (χ0) is 10.4. The van der Waals surface area contributed by atoms with E-state index in [9.17, 15) is 5.11 Å². The van der Waals surface area contributed by atoms with Crippen molar-refractivity contribution < 1.29 is 5.11 Å². The van der Waals surface area contributed by atoms with Gasteiger partial charge in [-0.1, -0.05) is 26.7 Å². The summed E-state index contributed by atoms with van der Waals surface area (Å²) < 4.78 is 2.04. The van der Waals surface area contributed by atoms with Crippen LogP contribution in [0.2, 0.25) is 0 Å². The van der Waals surface area contributed by atoms with Crippen LogP contribution in [0.1, 0.15) is 51.5 Å². The van der Waals surface area contributed by atoms with E-state index in [4.69, 9.17) is 0 Å². The second-order valence-electron chi connectivity index (χ2n) is 3.64. The molecule has 0 aliphatic carbocycles. The summed E-state index contributed by atoms with van der Waals surface area (Å²) in [6.45, 7) is 5.20. The second-order valence-corrected chi connectivity index (χ2v) is 3.64. The van der Waals surface area contributed by atoms with E-state index in [2.05, 4.69) is 18.8 Å². The van der Waals surface area contributed by atoms with Crippen LogP contribution in [0.3, 0.4) is 0 Å². The number of imidazole rings is 1. The van der Waals surface area contributed by atoms with Crippen molar-refractivity contribution in [2.75, 3.05) is 0 Å². The SMILES string of the molecule is CCCCC(O)c1nccn1CCC. The maximum absolute atomic E-state index is 9.86. The number of nitrogens with zero attached hydrogens (tertiary/aromatic N) is 2. The molecule has 1 rings (SSSR count). The Morgan fingerprint density at radius 1 is 1.43 bits per heavy atom. The van der Waals surface area contributed by atoms with E-state index in [0.717, 1.165) is 38.1 Å². The van der Waals surface area contributed by atoms with Gasteiger partial charge in [-0.25, -0.2) is 4.98 Å². The van der Waals surface area contributed by atoms with Gasteiger partial charge < -0.3 is 9.67 Å². The third-order valence-electron chi connectivity index (χ3n) is 2.34. The fraction of sp³-hybridized carbons (Fsp3) is 0.727. The van der Waals surface area contributed by atoms with Crippen LogP contribution >= 0.6 is 0 Å². The van der Waals surface area contributed by atoms with Crippen LogP contribution in [0.15, 0.2) is 12.4 Å². The molecule has 0 aliphatic rings. The fourth-order valence-corrected chi connectivity index (χ4v) is 1.57. The summed E-state index contributed by atoms with van der Waals surface area (Å²) in [7, 11) is 0. The number of aliphatic hydroxyl groups excluding tert-OH is 1. The Hall–Kier alpha value is -0.830. The van der Waals surface area contributed by atoms with E-state index in [-0.39, 0.29) is 0 Å². The Balaban J connectivity index is 2.58. The molecule has 0 saturated carbocycles. The molecule has 0 bridgehead atoms. The largest absolute Gasteiger partial charge is 0.385 e. The second kappa shape index (κ2) is 5.81. The predicted molar refractivity (Wildman–Crippen MR) is 57.0 cm³/mol. The van der Waals surface area contributed by atoms with Crippen LogP contribution in [0, 0.1) is 0 Å². The Kier molecular flexibility index (Phi) is 4.66. The lowest BCUT2D eigenvalue weighted by Crippen LogP contribution is -2.08. The molecule has 3 nitrogen and oxygen atoms in total. The van der Waals surface area contributed by atoms with Gasteiger partial charge in [0.1, 0.15) is 11.9 Å². The third-order valence-corrected chi connectivity index (χ3v) is 2.34. The van der Waals surface area contributed by atoms with E-state index in [1.807, 2.05) is 10.8 Å². The third kappa shape index (κ3) is 2.84. The first-order valence-corrected chi connectivity index (χ1v) is 5.48. The Bertz CT molecular complexity index is 258. The van der Waals surface area contributed by atoms with Crippen molar-refractivity contribution >= 4 is 0 Å². The van der Waals surface area contributed by atoms with Crippen molar-refractivity contribution in [1.82, 2.24) is 9.55 Å². The van der Waals surface area contributed by atoms with Crippen molar-refractivity contribution in [3.63, 3.8) is 0 Å². The number of rotatable bonds is 6. The van der Waals surface area contributed by atoms with Gasteiger partial charge in [0.2, 0.25) is 0 Å². The van der Waals surface area contributed by atoms with Crippen LogP contribution in [0.4, 0.5) is 0 Å². The molecule has 80 valence electrons. The van der Waals surface area contributed by atoms with E-state index >= 15 is 0 Å². The number of aromatic nitrogens is 2. The summed E-state index contributed by atoms with van der Waals surface area (Å²) in [6, 6.07) is 0. The molecular weight excluding hydrogens is 176 g/mol. The zero-order valence-electron chi connectivity index (χ0n) is 9.11. The van der Waals surface area contributed by atoms with Gasteiger partial charge >= 0.3 is 0 Å². The number of aliphatic hydroxyl groups is 1. The Morgan fingerprint density at radius 2 is 2.21 bits per heavy atom. The summed E-state index contributed by atoms with van der Waals surface area (Å²) >= 11 is 0. The molecule has 0 spiro atoms. The van der Waals surface area contributed by atoms with Gasteiger partial charge in [0.15, 0.2) is 0 Å².